The molecule has 1 aliphatic heterocycles. The van der Waals surface area contributed by atoms with E-state index in [4.69, 9.17) is 0 Å². The van der Waals surface area contributed by atoms with Crippen LogP contribution in [-0.4, -0.2) is 27.7 Å². The van der Waals surface area contributed by atoms with Crippen molar-refractivity contribution in [2.75, 3.05) is 6.54 Å². The second-order valence-corrected chi connectivity index (χ2v) is 7.12. The summed E-state index contributed by atoms with van der Waals surface area (Å²) in [5, 5.41) is 14.2. The molecular formula is C21H17N3O2S. The van der Waals surface area contributed by atoms with Gasteiger partial charge in [0.15, 0.2) is 5.17 Å². The molecule has 0 unspecified atom stereocenters. The number of phenols is 1. The van der Waals surface area contributed by atoms with E-state index in [-0.39, 0.29) is 11.7 Å². The summed E-state index contributed by atoms with van der Waals surface area (Å²) < 4.78 is 0. The highest BCUT2D eigenvalue weighted by Crippen LogP contribution is 2.27. The van der Waals surface area contributed by atoms with Crippen molar-refractivity contribution < 1.29 is 9.90 Å². The molecule has 1 saturated heterocycles. The van der Waals surface area contributed by atoms with E-state index in [1.807, 2.05) is 48.5 Å². The van der Waals surface area contributed by atoms with E-state index in [1.165, 1.54) is 11.8 Å². The molecule has 2 heterocycles. The number of aromatic nitrogens is 1. The van der Waals surface area contributed by atoms with Gasteiger partial charge in [-0.15, -0.1) is 0 Å². The molecule has 4 rings (SSSR count). The molecule has 0 aliphatic carbocycles. The number of phenolic OH excluding ortho intramolecular Hbond substituents is 1. The summed E-state index contributed by atoms with van der Waals surface area (Å²) in [6.07, 6.45) is 4.24. The monoisotopic (exact) mass is 375 g/mol. The Hall–Kier alpha value is -3.12. The van der Waals surface area contributed by atoms with E-state index in [2.05, 4.69) is 15.3 Å². The van der Waals surface area contributed by atoms with E-state index in [0.717, 1.165) is 22.0 Å². The third-order valence-electron chi connectivity index (χ3n) is 4.20. The molecule has 1 aliphatic rings. The number of carbonyl (C=O) groups is 1. The highest BCUT2D eigenvalue weighted by atomic mass is 32.2. The second-order valence-electron chi connectivity index (χ2n) is 6.09. The Labute approximate surface area is 160 Å². The molecule has 0 atom stereocenters. The van der Waals surface area contributed by atoms with Gasteiger partial charge in [0.1, 0.15) is 5.75 Å². The average molecular weight is 375 g/mol. The van der Waals surface area contributed by atoms with Gasteiger partial charge in [-0.1, -0.05) is 30.3 Å². The van der Waals surface area contributed by atoms with Crippen LogP contribution in [0.25, 0.3) is 17.0 Å². The minimum atomic E-state index is -0.146. The summed E-state index contributed by atoms with van der Waals surface area (Å²) in [4.78, 5) is 21.6. The van der Waals surface area contributed by atoms with Crippen molar-refractivity contribution in [1.82, 2.24) is 10.3 Å². The van der Waals surface area contributed by atoms with Crippen molar-refractivity contribution in [1.29, 1.82) is 0 Å². The van der Waals surface area contributed by atoms with Gasteiger partial charge in [0.05, 0.1) is 10.4 Å². The minimum Gasteiger partial charge on any atom is -0.508 e. The number of hydrogen-bond donors (Lipinski definition) is 2. The molecule has 1 fully saturated rings. The number of amidine groups is 1. The van der Waals surface area contributed by atoms with Crippen LogP contribution in [0.1, 0.15) is 11.1 Å². The van der Waals surface area contributed by atoms with E-state index >= 15 is 0 Å². The van der Waals surface area contributed by atoms with E-state index < -0.39 is 0 Å². The predicted molar refractivity (Wildman–Crippen MR) is 110 cm³/mol. The van der Waals surface area contributed by atoms with Gasteiger partial charge in [-0.25, -0.2) is 0 Å². The number of thioether (sulfide) groups is 1. The maximum Gasteiger partial charge on any atom is 0.264 e. The normalized spacial score (nSPS) is 17.0. The number of amides is 1. The number of fused-ring (bicyclic) bond motifs is 1. The fourth-order valence-corrected chi connectivity index (χ4v) is 3.68. The summed E-state index contributed by atoms with van der Waals surface area (Å²) in [7, 11) is 0. The quantitative estimate of drug-likeness (QED) is 0.681. The standard InChI is InChI=1S/C21H17N3O2S/c25-18-6-2-1-4-15(18)9-11-23-21-24-20(26)19(27-21)13-14-7-8-17-16(12-14)5-3-10-22-17/h1-8,10,12-13,25H,9,11H2,(H,23,24,26). The van der Waals surface area contributed by atoms with Crippen LogP contribution < -0.4 is 5.32 Å². The minimum absolute atomic E-state index is 0.146. The molecule has 6 heteroatoms. The number of carbonyl (C=O) groups excluding carboxylic acids is 1. The van der Waals surface area contributed by atoms with Gasteiger partial charge in [0, 0.05) is 18.1 Å². The Morgan fingerprint density at radius 1 is 1.15 bits per heavy atom. The van der Waals surface area contributed by atoms with Crippen molar-refractivity contribution in [3.05, 3.63) is 76.8 Å². The van der Waals surface area contributed by atoms with Crippen molar-refractivity contribution in [3.8, 4) is 5.75 Å². The Balaban J connectivity index is 1.46. The SMILES string of the molecule is O=C1NC(=NCCc2ccccc2O)SC1=Cc1ccc2ncccc2c1. The van der Waals surface area contributed by atoms with Crippen LogP contribution >= 0.6 is 11.8 Å². The van der Waals surface area contributed by atoms with Gasteiger partial charge < -0.3 is 10.4 Å². The van der Waals surface area contributed by atoms with Crippen molar-refractivity contribution in [2.24, 2.45) is 4.99 Å². The Morgan fingerprint density at radius 3 is 2.93 bits per heavy atom. The van der Waals surface area contributed by atoms with Crippen LogP contribution in [0.15, 0.2) is 70.7 Å². The lowest BCUT2D eigenvalue weighted by molar-refractivity contribution is -0.115. The molecule has 1 aromatic heterocycles. The molecule has 27 heavy (non-hydrogen) atoms. The summed E-state index contributed by atoms with van der Waals surface area (Å²) in [5.74, 6) is 0.125. The molecule has 0 saturated carbocycles. The summed E-state index contributed by atoms with van der Waals surface area (Å²) >= 11 is 1.33. The third kappa shape index (κ3) is 4.01. The lowest BCUT2D eigenvalue weighted by atomic mass is 10.1. The average Bonchev–Trinajstić information content (AvgIpc) is 3.02. The first-order valence-electron chi connectivity index (χ1n) is 8.56. The molecule has 134 valence electrons. The van der Waals surface area contributed by atoms with E-state index in [9.17, 15) is 9.90 Å². The van der Waals surface area contributed by atoms with E-state index in [0.29, 0.717) is 23.0 Å². The van der Waals surface area contributed by atoms with Gasteiger partial charge in [-0.3, -0.25) is 14.8 Å². The molecule has 0 radical (unpaired) electrons. The Bertz CT molecular complexity index is 1080. The van der Waals surface area contributed by atoms with Crippen LogP contribution in [-0.2, 0) is 11.2 Å². The first-order chi connectivity index (χ1) is 13.2. The van der Waals surface area contributed by atoms with Crippen LogP contribution in [0.5, 0.6) is 5.75 Å². The zero-order valence-corrected chi connectivity index (χ0v) is 15.2. The number of aromatic hydroxyl groups is 1. The van der Waals surface area contributed by atoms with Crippen LogP contribution in [0.3, 0.4) is 0 Å². The molecule has 0 spiro atoms. The van der Waals surface area contributed by atoms with Crippen LogP contribution in [0, 0.1) is 0 Å². The van der Waals surface area contributed by atoms with Crippen LogP contribution in [0.2, 0.25) is 0 Å². The lowest BCUT2D eigenvalue weighted by Crippen LogP contribution is -2.20. The number of hydrogen-bond acceptors (Lipinski definition) is 5. The first kappa shape index (κ1) is 17.3. The largest absolute Gasteiger partial charge is 0.508 e. The summed E-state index contributed by atoms with van der Waals surface area (Å²) in [5.41, 5.74) is 2.72. The van der Waals surface area contributed by atoms with Gasteiger partial charge in [0.2, 0.25) is 0 Å². The van der Waals surface area contributed by atoms with Crippen molar-refractivity contribution >= 4 is 39.8 Å². The smallest absolute Gasteiger partial charge is 0.264 e. The lowest BCUT2D eigenvalue weighted by Gasteiger charge is -2.01. The summed E-state index contributed by atoms with van der Waals surface area (Å²) in [6.45, 7) is 0.495. The van der Waals surface area contributed by atoms with E-state index in [1.54, 1.807) is 18.3 Å². The third-order valence-corrected chi connectivity index (χ3v) is 5.15. The molecule has 1 amide bonds. The van der Waals surface area contributed by atoms with Gasteiger partial charge in [0.25, 0.3) is 5.91 Å². The Morgan fingerprint density at radius 2 is 2.04 bits per heavy atom. The number of rotatable bonds is 4. The second kappa shape index (κ2) is 7.63. The number of para-hydroxylation sites is 1. The maximum absolute atomic E-state index is 12.2. The van der Waals surface area contributed by atoms with Crippen molar-refractivity contribution in [3.63, 3.8) is 0 Å². The molecule has 5 nitrogen and oxygen atoms in total. The number of aliphatic imine (C=N–C) groups is 1. The highest BCUT2D eigenvalue weighted by molar-refractivity contribution is 8.18. The molecular weight excluding hydrogens is 358 g/mol. The zero-order chi connectivity index (χ0) is 18.6. The summed E-state index contributed by atoms with van der Waals surface area (Å²) in [6, 6.07) is 17.0. The number of nitrogens with zero attached hydrogens (tertiary/aromatic N) is 2. The molecule has 0 bridgehead atoms. The zero-order valence-electron chi connectivity index (χ0n) is 14.4. The van der Waals surface area contributed by atoms with Crippen LogP contribution in [0.4, 0.5) is 0 Å². The number of pyridine rings is 1. The molecule has 2 aromatic carbocycles. The highest BCUT2D eigenvalue weighted by Gasteiger charge is 2.23. The molecule has 2 N–H and O–H groups in total. The van der Waals surface area contributed by atoms with Gasteiger partial charge >= 0.3 is 0 Å². The fourth-order valence-electron chi connectivity index (χ4n) is 2.84. The number of benzene rings is 2. The van der Waals surface area contributed by atoms with Gasteiger partial charge in [-0.2, -0.15) is 0 Å². The predicted octanol–water partition coefficient (Wildman–Crippen LogP) is 3.74. The van der Waals surface area contributed by atoms with Crippen molar-refractivity contribution in [2.45, 2.75) is 6.42 Å². The fraction of sp³-hybridized carbons (Fsp3) is 0.0952. The molecule has 3 aromatic rings. The Kier molecular flexibility index (Phi) is 4.89. The van der Waals surface area contributed by atoms with Gasteiger partial charge in [-0.05, 0) is 59.7 Å². The number of nitrogens with one attached hydrogen (secondary N) is 1. The first-order valence-corrected chi connectivity index (χ1v) is 9.38. The maximum atomic E-state index is 12.2. The topological polar surface area (TPSA) is 74.6 Å².